The van der Waals surface area contributed by atoms with Gasteiger partial charge in [0.15, 0.2) is 5.78 Å². The third-order valence-corrected chi connectivity index (χ3v) is 2.33. The lowest BCUT2D eigenvalue weighted by atomic mass is 10.1. The van der Waals surface area contributed by atoms with Crippen molar-refractivity contribution in [1.29, 1.82) is 0 Å². The Morgan fingerprint density at radius 1 is 1.60 bits per heavy atom. The van der Waals surface area contributed by atoms with Crippen molar-refractivity contribution in [3.05, 3.63) is 23.1 Å². The first-order valence-corrected chi connectivity index (χ1v) is 5.00. The third kappa shape index (κ3) is 2.83. The van der Waals surface area contributed by atoms with Crippen LogP contribution in [-0.2, 0) is 4.79 Å². The SMILES string of the molecule is CCC(=O)C(C)NC(=O)c1ccoc1Cl. The average Bonchev–Trinajstić information content (AvgIpc) is 2.63. The molecule has 1 unspecified atom stereocenters. The zero-order valence-electron chi connectivity index (χ0n) is 8.54. The maximum Gasteiger partial charge on any atom is 0.256 e. The summed E-state index contributed by atoms with van der Waals surface area (Å²) in [6, 6.07) is 0.953. The van der Waals surface area contributed by atoms with E-state index >= 15 is 0 Å². The summed E-state index contributed by atoms with van der Waals surface area (Å²) < 4.78 is 4.77. The number of hydrogen-bond acceptors (Lipinski definition) is 3. The van der Waals surface area contributed by atoms with Crippen LogP contribution in [0.5, 0.6) is 0 Å². The summed E-state index contributed by atoms with van der Waals surface area (Å²) >= 11 is 5.62. The van der Waals surface area contributed by atoms with Crippen LogP contribution in [0.2, 0.25) is 5.22 Å². The number of nitrogens with one attached hydrogen (secondary N) is 1. The van der Waals surface area contributed by atoms with Gasteiger partial charge in [-0.15, -0.1) is 0 Å². The van der Waals surface area contributed by atoms with Crippen molar-refractivity contribution >= 4 is 23.3 Å². The van der Waals surface area contributed by atoms with Gasteiger partial charge in [-0.05, 0) is 24.6 Å². The Bertz CT molecular complexity index is 372. The molecule has 1 N–H and O–H groups in total. The van der Waals surface area contributed by atoms with Gasteiger partial charge in [0, 0.05) is 6.42 Å². The van der Waals surface area contributed by atoms with Crippen molar-refractivity contribution in [3.63, 3.8) is 0 Å². The van der Waals surface area contributed by atoms with Gasteiger partial charge in [-0.3, -0.25) is 9.59 Å². The van der Waals surface area contributed by atoms with Crippen molar-refractivity contribution in [3.8, 4) is 0 Å². The van der Waals surface area contributed by atoms with Crippen LogP contribution in [-0.4, -0.2) is 17.7 Å². The van der Waals surface area contributed by atoms with E-state index < -0.39 is 11.9 Å². The summed E-state index contributed by atoms with van der Waals surface area (Å²) in [6.07, 6.45) is 1.71. The van der Waals surface area contributed by atoms with E-state index in [0.29, 0.717) is 6.42 Å². The van der Waals surface area contributed by atoms with Gasteiger partial charge in [0.05, 0.1) is 17.9 Å². The monoisotopic (exact) mass is 229 g/mol. The van der Waals surface area contributed by atoms with E-state index in [2.05, 4.69) is 5.32 Å². The van der Waals surface area contributed by atoms with Crippen LogP contribution in [0.15, 0.2) is 16.7 Å². The molecule has 0 aromatic carbocycles. The predicted molar refractivity (Wildman–Crippen MR) is 55.9 cm³/mol. The Labute approximate surface area is 92.6 Å². The topological polar surface area (TPSA) is 59.3 Å². The number of Topliss-reactive ketones (excluding diaryl/α,β-unsaturated/α-hetero) is 1. The number of rotatable bonds is 4. The molecule has 1 amide bonds. The van der Waals surface area contributed by atoms with Crippen molar-refractivity contribution in [2.45, 2.75) is 26.3 Å². The number of halogens is 1. The fraction of sp³-hybridized carbons (Fsp3) is 0.400. The maximum atomic E-state index is 11.5. The molecule has 0 bridgehead atoms. The molecule has 0 fully saturated rings. The van der Waals surface area contributed by atoms with Crippen molar-refractivity contribution in [1.82, 2.24) is 5.32 Å². The smallest absolute Gasteiger partial charge is 0.256 e. The molecule has 1 heterocycles. The summed E-state index contributed by atoms with van der Waals surface area (Å²) in [5.41, 5.74) is 0.243. The molecule has 15 heavy (non-hydrogen) atoms. The van der Waals surface area contributed by atoms with Gasteiger partial charge in [0.2, 0.25) is 5.22 Å². The number of carbonyl (C=O) groups is 2. The van der Waals surface area contributed by atoms with Gasteiger partial charge in [-0.2, -0.15) is 0 Å². The highest BCUT2D eigenvalue weighted by Crippen LogP contribution is 2.16. The number of ketones is 1. The first kappa shape index (κ1) is 11.8. The molecule has 0 saturated carbocycles. The fourth-order valence-electron chi connectivity index (χ4n) is 1.12. The Hall–Kier alpha value is -1.29. The normalized spacial score (nSPS) is 12.2. The molecular weight excluding hydrogens is 218 g/mol. The first-order chi connectivity index (χ1) is 7.06. The Morgan fingerprint density at radius 3 is 2.73 bits per heavy atom. The molecule has 1 aromatic rings. The van der Waals surface area contributed by atoms with Gasteiger partial charge in [-0.1, -0.05) is 6.92 Å². The zero-order chi connectivity index (χ0) is 11.4. The van der Waals surface area contributed by atoms with E-state index in [0.717, 1.165) is 0 Å². The molecule has 0 aliphatic heterocycles. The highest BCUT2D eigenvalue weighted by Gasteiger charge is 2.18. The number of furan rings is 1. The molecule has 1 rings (SSSR count). The summed E-state index contributed by atoms with van der Waals surface area (Å²) in [6.45, 7) is 3.38. The van der Waals surface area contributed by atoms with Crippen LogP contribution in [0.3, 0.4) is 0 Å². The van der Waals surface area contributed by atoms with Gasteiger partial charge >= 0.3 is 0 Å². The molecule has 0 aliphatic rings. The molecule has 5 heteroatoms. The van der Waals surface area contributed by atoms with Gasteiger partial charge in [0.25, 0.3) is 5.91 Å². The number of carbonyl (C=O) groups excluding carboxylic acids is 2. The second-order valence-electron chi connectivity index (χ2n) is 3.12. The minimum atomic E-state index is -0.506. The summed E-state index contributed by atoms with van der Waals surface area (Å²) in [5, 5.41) is 2.57. The summed E-state index contributed by atoms with van der Waals surface area (Å²) in [7, 11) is 0. The highest BCUT2D eigenvalue weighted by molar-refractivity contribution is 6.32. The molecule has 0 radical (unpaired) electrons. The molecule has 0 saturated heterocycles. The fourth-order valence-corrected chi connectivity index (χ4v) is 1.32. The average molecular weight is 230 g/mol. The van der Waals surface area contributed by atoms with Crippen LogP contribution in [0.1, 0.15) is 30.6 Å². The van der Waals surface area contributed by atoms with Crippen LogP contribution in [0.4, 0.5) is 0 Å². The summed E-state index contributed by atoms with van der Waals surface area (Å²) in [4.78, 5) is 22.8. The van der Waals surface area contributed by atoms with Crippen molar-refractivity contribution < 1.29 is 14.0 Å². The van der Waals surface area contributed by atoms with E-state index in [1.54, 1.807) is 13.8 Å². The molecule has 1 aromatic heterocycles. The van der Waals surface area contributed by atoms with E-state index in [4.69, 9.17) is 16.0 Å². The number of amides is 1. The molecule has 82 valence electrons. The van der Waals surface area contributed by atoms with Crippen LogP contribution in [0, 0.1) is 0 Å². The van der Waals surface area contributed by atoms with E-state index in [1.165, 1.54) is 12.3 Å². The number of hydrogen-bond donors (Lipinski definition) is 1. The largest absolute Gasteiger partial charge is 0.452 e. The molecule has 1 atom stereocenters. The zero-order valence-corrected chi connectivity index (χ0v) is 9.30. The minimum Gasteiger partial charge on any atom is -0.452 e. The summed E-state index contributed by atoms with van der Waals surface area (Å²) in [5.74, 6) is -0.425. The van der Waals surface area contributed by atoms with Gasteiger partial charge < -0.3 is 9.73 Å². The van der Waals surface area contributed by atoms with Crippen molar-refractivity contribution in [2.75, 3.05) is 0 Å². The lowest BCUT2D eigenvalue weighted by Crippen LogP contribution is -2.38. The minimum absolute atomic E-state index is 0.0250. The highest BCUT2D eigenvalue weighted by atomic mass is 35.5. The van der Waals surface area contributed by atoms with E-state index in [-0.39, 0.29) is 16.6 Å². The Kier molecular flexibility index (Phi) is 3.91. The molecule has 0 spiro atoms. The Balaban J connectivity index is 2.64. The Morgan fingerprint density at radius 2 is 2.27 bits per heavy atom. The maximum absolute atomic E-state index is 11.5. The van der Waals surface area contributed by atoms with Crippen LogP contribution in [0.25, 0.3) is 0 Å². The van der Waals surface area contributed by atoms with Crippen LogP contribution >= 0.6 is 11.6 Å². The molecule has 4 nitrogen and oxygen atoms in total. The standard InChI is InChI=1S/C10H12ClNO3/c1-3-8(13)6(2)12-10(14)7-4-5-15-9(7)11/h4-6H,3H2,1-2H3,(H,12,14). The van der Waals surface area contributed by atoms with Crippen molar-refractivity contribution in [2.24, 2.45) is 0 Å². The molecular formula is C10H12ClNO3. The lowest BCUT2D eigenvalue weighted by Gasteiger charge is -2.10. The first-order valence-electron chi connectivity index (χ1n) is 4.62. The molecule has 0 aliphatic carbocycles. The lowest BCUT2D eigenvalue weighted by molar-refractivity contribution is -0.120. The predicted octanol–water partition coefficient (Wildman–Crippen LogP) is 2.03. The second kappa shape index (κ2) is 4.98. The van der Waals surface area contributed by atoms with Gasteiger partial charge in [0.1, 0.15) is 0 Å². The van der Waals surface area contributed by atoms with E-state index in [1.807, 2.05) is 0 Å². The van der Waals surface area contributed by atoms with Crippen LogP contribution < -0.4 is 5.32 Å². The third-order valence-electron chi connectivity index (χ3n) is 2.04. The second-order valence-corrected chi connectivity index (χ2v) is 3.47. The van der Waals surface area contributed by atoms with Gasteiger partial charge in [-0.25, -0.2) is 0 Å². The van der Waals surface area contributed by atoms with E-state index in [9.17, 15) is 9.59 Å². The quantitative estimate of drug-likeness (QED) is 0.860.